The highest BCUT2D eigenvalue weighted by molar-refractivity contribution is 5.49. The lowest BCUT2D eigenvalue weighted by Crippen LogP contribution is -2.24. The highest BCUT2D eigenvalue weighted by atomic mass is 14.3. The molecular formula is C14H17N. The monoisotopic (exact) mass is 199 g/mol. The maximum atomic E-state index is 9.00. The fourth-order valence-electron chi connectivity index (χ4n) is 2.68. The Bertz CT molecular complexity index is 435. The molecule has 0 bridgehead atoms. The van der Waals surface area contributed by atoms with E-state index >= 15 is 0 Å². The summed E-state index contributed by atoms with van der Waals surface area (Å²) < 4.78 is 0. The van der Waals surface area contributed by atoms with Gasteiger partial charge in [-0.15, -0.1) is 0 Å². The third-order valence-corrected chi connectivity index (χ3v) is 3.68. The van der Waals surface area contributed by atoms with Gasteiger partial charge in [0.2, 0.25) is 0 Å². The molecule has 1 heteroatoms. The Morgan fingerprint density at radius 2 is 2.07 bits per heavy atom. The number of nitriles is 1. The fourth-order valence-corrected chi connectivity index (χ4v) is 2.68. The lowest BCUT2D eigenvalue weighted by Gasteiger charge is -2.33. The smallest absolute Gasteiger partial charge is 0.0994 e. The van der Waals surface area contributed by atoms with Crippen molar-refractivity contribution in [1.82, 2.24) is 0 Å². The van der Waals surface area contributed by atoms with Crippen molar-refractivity contribution in [3.8, 4) is 6.07 Å². The van der Waals surface area contributed by atoms with Crippen molar-refractivity contribution in [3.63, 3.8) is 0 Å². The van der Waals surface area contributed by atoms with Crippen molar-refractivity contribution in [3.05, 3.63) is 34.4 Å². The van der Waals surface area contributed by atoms with Crippen molar-refractivity contribution in [2.24, 2.45) is 0 Å². The number of hydrogen-bond donors (Lipinski definition) is 0. The second-order valence-electron chi connectivity index (χ2n) is 5.11. The van der Waals surface area contributed by atoms with Gasteiger partial charge in [-0.1, -0.05) is 19.9 Å². The van der Waals surface area contributed by atoms with Crippen LogP contribution in [0.15, 0.2) is 12.1 Å². The molecule has 0 heterocycles. The zero-order chi connectivity index (χ0) is 11.1. The van der Waals surface area contributed by atoms with Gasteiger partial charge in [0.25, 0.3) is 0 Å². The molecule has 0 saturated carbocycles. The van der Waals surface area contributed by atoms with E-state index in [2.05, 4.69) is 32.9 Å². The Labute approximate surface area is 91.7 Å². The summed E-state index contributed by atoms with van der Waals surface area (Å²) in [6, 6.07) is 6.40. The minimum absolute atomic E-state index is 0.284. The second-order valence-corrected chi connectivity index (χ2v) is 5.11. The van der Waals surface area contributed by atoms with Crippen LogP contribution in [0, 0.1) is 18.3 Å². The molecule has 1 nitrogen and oxygen atoms in total. The van der Waals surface area contributed by atoms with Crippen molar-refractivity contribution < 1.29 is 0 Å². The van der Waals surface area contributed by atoms with Crippen LogP contribution in [0.1, 0.15) is 48.9 Å². The van der Waals surface area contributed by atoms with Crippen LogP contribution in [-0.2, 0) is 11.8 Å². The van der Waals surface area contributed by atoms with Gasteiger partial charge in [0.1, 0.15) is 0 Å². The van der Waals surface area contributed by atoms with Gasteiger partial charge in [0, 0.05) is 0 Å². The highest BCUT2D eigenvalue weighted by Crippen LogP contribution is 2.38. The SMILES string of the molecule is Cc1c(C#N)ccc2c1CCCC2(C)C. The van der Waals surface area contributed by atoms with Gasteiger partial charge in [-0.25, -0.2) is 0 Å². The van der Waals surface area contributed by atoms with Gasteiger partial charge in [-0.05, 0) is 54.4 Å². The summed E-state index contributed by atoms with van der Waals surface area (Å²) in [6.45, 7) is 6.69. The number of benzene rings is 1. The molecule has 2 rings (SSSR count). The van der Waals surface area contributed by atoms with Crippen LogP contribution in [0.2, 0.25) is 0 Å². The van der Waals surface area contributed by atoms with Gasteiger partial charge in [-0.3, -0.25) is 0 Å². The van der Waals surface area contributed by atoms with Crippen LogP contribution in [0.4, 0.5) is 0 Å². The molecular weight excluding hydrogens is 182 g/mol. The predicted molar refractivity (Wildman–Crippen MR) is 61.9 cm³/mol. The number of rotatable bonds is 0. The average Bonchev–Trinajstić information content (AvgIpc) is 2.19. The van der Waals surface area contributed by atoms with E-state index in [-0.39, 0.29) is 5.41 Å². The standard InChI is InChI=1S/C14H17N/c1-10-11(9-15)6-7-13-12(10)5-4-8-14(13,2)3/h6-7H,4-5,8H2,1-3H3. The Morgan fingerprint density at radius 3 is 2.73 bits per heavy atom. The summed E-state index contributed by atoms with van der Waals surface area (Å²) in [7, 11) is 0. The zero-order valence-electron chi connectivity index (χ0n) is 9.72. The first kappa shape index (κ1) is 10.2. The summed E-state index contributed by atoms with van der Waals surface area (Å²) in [6.07, 6.45) is 3.64. The maximum absolute atomic E-state index is 9.00. The normalized spacial score (nSPS) is 18.0. The zero-order valence-corrected chi connectivity index (χ0v) is 9.72. The van der Waals surface area contributed by atoms with E-state index < -0.39 is 0 Å². The van der Waals surface area contributed by atoms with E-state index in [4.69, 9.17) is 5.26 Å². The van der Waals surface area contributed by atoms with Gasteiger partial charge < -0.3 is 0 Å². The molecule has 0 amide bonds. The van der Waals surface area contributed by atoms with E-state index in [1.165, 1.54) is 29.5 Å². The van der Waals surface area contributed by atoms with Crippen LogP contribution < -0.4 is 0 Å². The molecule has 0 atom stereocenters. The molecule has 0 radical (unpaired) electrons. The summed E-state index contributed by atoms with van der Waals surface area (Å²) in [5.74, 6) is 0. The van der Waals surface area contributed by atoms with E-state index in [1.807, 2.05) is 6.07 Å². The van der Waals surface area contributed by atoms with Crippen LogP contribution in [0.5, 0.6) is 0 Å². The lowest BCUT2D eigenvalue weighted by molar-refractivity contribution is 0.431. The van der Waals surface area contributed by atoms with Crippen molar-refractivity contribution in [2.45, 2.75) is 45.4 Å². The van der Waals surface area contributed by atoms with E-state index in [0.717, 1.165) is 12.0 Å². The molecule has 0 saturated heterocycles. The minimum Gasteiger partial charge on any atom is -0.192 e. The Balaban J connectivity index is 2.64. The molecule has 1 aliphatic rings. The molecule has 0 N–H and O–H groups in total. The molecule has 78 valence electrons. The van der Waals surface area contributed by atoms with Crippen LogP contribution >= 0.6 is 0 Å². The molecule has 15 heavy (non-hydrogen) atoms. The Hall–Kier alpha value is -1.29. The second kappa shape index (κ2) is 3.38. The average molecular weight is 199 g/mol. The van der Waals surface area contributed by atoms with Gasteiger partial charge in [0.15, 0.2) is 0 Å². The third-order valence-electron chi connectivity index (χ3n) is 3.68. The van der Waals surface area contributed by atoms with Gasteiger partial charge >= 0.3 is 0 Å². The Kier molecular flexibility index (Phi) is 2.31. The summed E-state index contributed by atoms with van der Waals surface area (Å²) in [5, 5.41) is 9.00. The first-order valence-electron chi connectivity index (χ1n) is 5.59. The van der Waals surface area contributed by atoms with Crippen LogP contribution in [0.25, 0.3) is 0 Å². The van der Waals surface area contributed by atoms with Crippen molar-refractivity contribution >= 4 is 0 Å². The van der Waals surface area contributed by atoms with E-state index in [1.54, 1.807) is 0 Å². The third kappa shape index (κ3) is 1.55. The summed E-state index contributed by atoms with van der Waals surface area (Å²) in [4.78, 5) is 0. The topological polar surface area (TPSA) is 23.8 Å². The highest BCUT2D eigenvalue weighted by Gasteiger charge is 2.28. The minimum atomic E-state index is 0.284. The first-order chi connectivity index (χ1) is 7.06. The largest absolute Gasteiger partial charge is 0.192 e. The van der Waals surface area contributed by atoms with Crippen molar-refractivity contribution in [1.29, 1.82) is 5.26 Å². The van der Waals surface area contributed by atoms with E-state index in [0.29, 0.717) is 0 Å². The fraction of sp³-hybridized carbons (Fsp3) is 0.500. The predicted octanol–water partition coefficient (Wildman–Crippen LogP) is 3.48. The number of nitrogens with zero attached hydrogens (tertiary/aromatic N) is 1. The molecule has 0 fully saturated rings. The van der Waals surface area contributed by atoms with E-state index in [9.17, 15) is 0 Å². The molecule has 1 aromatic carbocycles. The van der Waals surface area contributed by atoms with Gasteiger partial charge in [-0.2, -0.15) is 5.26 Å². The number of fused-ring (bicyclic) bond motifs is 1. The summed E-state index contributed by atoms with van der Waals surface area (Å²) >= 11 is 0. The molecule has 0 aromatic heterocycles. The Morgan fingerprint density at radius 1 is 1.33 bits per heavy atom. The first-order valence-corrected chi connectivity index (χ1v) is 5.59. The maximum Gasteiger partial charge on any atom is 0.0994 e. The van der Waals surface area contributed by atoms with Gasteiger partial charge in [0.05, 0.1) is 11.6 Å². The quantitative estimate of drug-likeness (QED) is 0.627. The van der Waals surface area contributed by atoms with Crippen LogP contribution in [0.3, 0.4) is 0 Å². The summed E-state index contributed by atoms with van der Waals surface area (Å²) in [5.41, 5.74) is 5.19. The lowest BCUT2D eigenvalue weighted by atomic mass is 9.71. The molecule has 0 aliphatic heterocycles. The van der Waals surface area contributed by atoms with Crippen LogP contribution in [-0.4, -0.2) is 0 Å². The molecule has 0 unspecified atom stereocenters. The molecule has 0 spiro atoms. The molecule has 1 aromatic rings. The molecule has 1 aliphatic carbocycles. The van der Waals surface area contributed by atoms with Crippen molar-refractivity contribution in [2.75, 3.05) is 0 Å². The number of hydrogen-bond acceptors (Lipinski definition) is 1.